The summed E-state index contributed by atoms with van der Waals surface area (Å²) in [4.78, 5) is 12.2. The van der Waals surface area contributed by atoms with Crippen molar-refractivity contribution >= 4 is 12.0 Å². The molecule has 0 radical (unpaired) electrons. The van der Waals surface area contributed by atoms with E-state index in [1.807, 2.05) is 37.3 Å². The van der Waals surface area contributed by atoms with Crippen molar-refractivity contribution in [3.63, 3.8) is 0 Å². The molecule has 0 bridgehead atoms. The zero-order valence-electron chi connectivity index (χ0n) is 14.7. The van der Waals surface area contributed by atoms with Gasteiger partial charge in [0.15, 0.2) is 11.5 Å². The molecule has 5 heteroatoms. The van der Waals surface area contributed by atoms with Gasteiger partial charge in [-0.05, 0) is 41.8 Å². The van der Waals surface area contributed by atoms with Crippen molar-refractivity contribution in [2.75, 3.05) is 7.11 Å². The highest BCUT2D eigenvalue weighted by Gasteiger charge is 2.08. The van der Waals surface area contributed by atoms with Crippen LogP contribution in [0.25, 0.3) is 6.08 Å². The molecule has 0 aromatic heterocycles. The number of ether oxygens (including phenoxy) is 1. The van der Waals surface area contributed by atoms with Crippen LogP contribution in [0.5, 0.6) is 11.5 Å². The number of aromatic hydroxyl groups is 1. The van der Waals surface area contributed by atoms with E-state index in [1.54, 1.807) is 24.3 Å². The van der Waals surface area contributed by atoms with Crippen LogP contribution in [0.4, 0.5) is 0 Å². The molecule has 2 rings (SSSR count). The molecule has 0 saturated carbocycles. The van der Waals surface area contributed by atoms with Crippen LogP contribution in [0.3, 0.4) is 0 Å². The molecule has 0 unspecified atom stereocenters. The number of nitrogens with zero attached hydrogens (tertiary/aromatic N) is 1. The fraction of sp³-hybridized carbons (Fsp3) is 0.143. The summed E-state index contributed by atoms with van der Waals surface area (Å²) >= 11 is 0. The molecule has 0 saturated heterocycles. The van der Waals surface area contributed by atoms with Crippen LogP contribution in [0.2, 0.25) is 0 Å². The Morgan fingerprint density at radius 2 is 2.08 bits per heavy atom. The zero-order chi connectivity index (χ0) is 18.9. The monoisotopic (exact) mass is 348 g/mol. The van der Waals surface area contributed by atoms with Crippen LogP contribution in [0.1, 0.15) is 16.7 Å². The van der Waals surface area contributed by atoms with E-state index in [9.17, 15) is 15.2 Å². The maximum Gasteiger partial charge on any atom is 0.262 e. The lowest BCUT2D eigenvalue weighted by molar-refractivity contribution is -0.117. The number of carbonyl (C=O) groups is 1. The first-order chi connectivity index (χ1) is 12.5. The maximum absolute atomic E-state index is 12.2. The first-order valence-corrected chi connectivity index (χ1v) is 8.03. The first kappa shape index (κ1) is 18.8. The van der Waals surface area contributed by atoms with E-state index in [4.69, 9.17) is 4.74 Å². The lowest BCUT2D eigenvalue weighted by Crippen LogP contribution is -2.24. The number of hydrogen-bond donors (Lipinski definition) is 2. The van der Waals surface area contributed by atoms with Gasteiger partial charge in [0.2, 0.25) is 0 Å². The fourth-order valence-electron chi connectivity index (χ4n) is 2.30. The molecular weight excluding hydrogens is 328 g/mol. The number of carbonyl (C=O) groups excluding carboxylic acids is 1. The molecule has 2 aromatic carbocycles. The number of allylic oxidation sites excluding steroid dienone is 2. The van der Waals surface area contributed by atoms with Gasteiger partial charge in [0, 0.05) is 6.54 Å². The van der Waals surface area contributed by atoms with Crippen LogP contribution < -0.4 is 10.1 Å². The Hall–Kier alpha value is -3.52. The Balaban J connectivity index is 2.04. The number of nitriles is 1. The third kappa shape index (κ3) is 4.99. The number of nitrogens with one attached hydrogen (secondary N) is 1. The summed E-state index contributed by atoms with van der Waals surface area (Å²) in [5, 5.41) is 21.5. The van der Waals surface area contributed by atoms with Crippen molar-refractivity contribution < 1.29 is 14.6 Å². The Kier molecular flexibility index (Phi) is 6.58. The van der Waals surface area contributed by atoms with Gasteiger partial charge in [-0.15, -0.1) is 0 Å². The molecular formula is C21H20N2O3. The van der Waals surface area contributed by atoms with Gasteiger partial charge in [0.25, 0.3) is 5.91 Å². The Morgan fingerprint density at radius 1 is 1.31 bits per heavy atom. The number of phenols is 1. The maximum atomic E-state index is 12.2. The molecule has 0 spiro atoms. The van der Waals surface area contributed by atoms with Crippen molar-refractivity contribution in [1.82, 2.24) is 5.32 Å². The highest BCUT2D eigenvalue weighted by molar-refractivity contribution is 5.97. The van der Waals surface area contributed by atoms with Gasteiger partial charge in [-0.3, -0.25) is 4.79 Å². The number of methoxy groups -OCH3 is 1. The quantitative estimate of drug-likeness (QED) is 0.476. The molecule has 26 heavy (non-hydrogen) atoms. The number of benzene rings is 2. The summed E-state index contributed by atoms with van der Waals surface area (Å²) in [7, 11) is 1.47. The molecule has 132 valence electrons. The van der Waals surface area contributed by atoms with E-state index in [2.05, 4.69) is 5.32 Å². The van der Waals surface area contributed by atoms with E-state index in [0.717, 1.165) is 16.7 Å². The second kappa shape index (κ2) is 9.09. The molecule has 2 N–H and O–H groups in total. The summed E-state index contributed by atoms with van der Waals surface area (Å²) in [6.45, 7) is 2.33. The summed E-state index contributed by atoms with van der Waals surface area (Å²) in [5.41, 5.74) is 2.87. The second-order valence-corrected chi connectivity index (χ2v) is 5.59. The van der Waals surface area contributed by atoms with E-state index in [0.29, 0.717) is 12.3 Å². The Morgan fingerprint density at radius 3 is 2.77 bits per heavy atom. The summed E-state index contributed by atoms with van der Waals surface area (Å²) < 4.78 is 5.04. The molecule has 0 heterocycles. The van der Waals surface area contributed by atoms with Gasteiger partial charge in [-0.1, -0.05) is 42.5 Å². The summed E-state index contributed by atoms with van der Waals surface area (Å²) in [6.07, 6.45) is 4.78. The van der Waals surface area contributed by atoms with Gasteiger partial charge >= 0.3 is 0 Å². The zero-order valence-corrected chi connectivity index (χ0v) is 14.7. The minimum Gasteiger partial charge on any atom is -0.504 e. The highest BCUT2D eigenvalue weighted by atomic mass is 16.5. The number of rotatable bonds is 6. The van der Waals surface area contributed by atoms with Crippen molar-refractivity contribution in [3.8, 4) is 17.6 Å². The average molecular weight is 348 g/mol. The van der Waals surface area contributed by atoms with Gasteiger partial charge < -0.3 is 15.2 Å². The van der Waals surface area contributed by atoms with Crippen molar-refractivity contribution in [1.29, 1.82) is 5.26 Å². The molecule has 0 fully saturated rings. The predicted molar refractivity (Wildman–Crippen MR) is 100 cm³/mol. The number of hydrogen-bond acceptors (Lipinski definition) is 4. The molecule has 0 aliphatic heterocycles. The second-order valence-electron chi connectivity index (χ2n) is 5.59. The van der Waals surface area contributed by atoms with Crippen molar-refractivity contribution in [2.24, 2.45) is 0 Å². The largest absolute Gasteiger partial charge is 0.504 e. The number of aryl methyl sites for hydroxylation is 1. The molecule has 0 atom stereocenters. The van der Waals surface area contributed by atoms with Crippen molar-refractivity contribution in [2.45, 2.75) is 13.5 Å². The molecule has 2 aromatic rings. The Bertz CT molecular complexity index is 892. The lowest BCUT2D eigenvalue weighted by atomic mass is 10.1. The van der Waals surface area contributed by atoms with E-state index in [-0.39, 0.29) is 11.3 Å². The third-order valence-corrected chi connectivity index (χ3v) is 3.82. The normalized spacial score (nSPS) is 11.2. The Labute approximate surface area is 152 Å². The van der Waals surface area contributed by atoms with Crippen LogP contribution >= 0.6 is 0 Å². The SMILES string of the molecule is COc1cc(C=CC=C(C#N)C(=O)NCc2ccccc2C)ccc1O. The summed E-state index contributed by atoms with van der Waals surface area (Å²) in [5.74, 6) is -0.0233. The molecule has 0 aliphatic carbocycles. The predicted octanol–water partition coefficient (Wildman–Crippen LogP) is 3.49. The number of phenolic OH excluding ortho intramolecular Hbond substituents is 1. The van der Waals surface area contributed by atoms with Crippen LogP contribution in [0, 0.1) is 18.3 Å². The van der Waals surface area contributed by atoms with E-state index >= 15 is 0 Å². The summed E-state index contributed by atoms with van der Waals surface area (Å²) in [6, 6.07) is 14.5. The van der Waals surface area contributed by atoms with Crippen LogP contribution in [0.15, 0.2) is 60.2 Å². The minimum atomic E-state index is -0.427. The average Bonchev–Trinajstić information content (AvgIpc) is 2.65. The lowest BCUT2D eigenvalue weighted by Gasteiger charge is -2.06. The standard InChI is InChI=1S/C21H20N2O3/c1-15-6-3-4-8-18(15)14-23-21(25)17(13-22)9-5-7-16-10-11-19(24)20(12-16)26-2/h3-12,24H,14H2,1-2H3,(H,23,25). The topological polar surface area (TPSA) is 82.3 Å². The van der Waals surface area contributed by atoms with Gasteiger partial charge in [-0.2, -0.15) is 5.26 Å². The van der Waals surface area contributed by atoms with E-state index in [1.165, 1.54) is 19.3 Å². The van der Waals surface area contributed by atoms with Gasteiger partial charge in [-0.25, -0.2) is 0 Å². The number of amides is 1. The smallest absolute Gasteiger partial charge is 0.262 e. The molecule has 5 nitrogen and oxygen atoms in total. The molecule has 0 aliphatic rings. The van der Waals surface area contributed by atoms with Crippen LogP contribution in [-0.2, 0) is 11.3 Å². The fourth-order valence-corrected chi connectivity index (χ4v) is 2.30. The third-order valence-electron chi connectivity index (χ3n) is 3.82. The van der Waals surface area contributed by atoms with Crippen LogP contribution in [-0.4, -0.2) is 18.1 Å². The first-order valence-electron chi connectivity index (χ1n) is 8.03. The van der Waals surface area contributed by atoms with Crippen molar-refractivity contribution in [3.05, 3.63) is 76.9 Å². The van der Waals surface area contributed by atoms with Gasteiger partial charge in [0.1, 0.15) is 11.6 Å². The van der Waals surface area contributed by atoms with E-state index < -0.39 is 5.91 Å². The highest BCUT2D eigenvalue weighted by Crippen LogP contribution is 2.26. The molecule has 1 amide bonds. The minimum absolute atomic E-state index is 0.0144. The van der Waals surface area contributed by atoms with Gasteiger partial charge in [0.05, 0.1) is 7.11 Å².